The van der Waals surface area contributed by atoms with E-state index in [1.807, 2.05) is 4.72 Å². The summed E-state index contributed by atoms with van der Waals surface area (Å²) in [6, 6.07) is 2.59. The van der Waals surface area contributed by atoms with Gasteiger partial charge in [0.1, 0.15) is 10.7 Å². The van der Waals surface area contributed by atoms with E-state index in [0.29, 0.717) is 0 Å². The summed E-state index contributed by atoms with van der Waals surface area (Å²) >= 11 is 0. The predicted octanol–water partition coefficient (Wildman–Crippen LogP) is 1.58. The highest BCUT2D eigenvalue weighted by molar-refractivity contribution is 7.92. The Kier molecular flexibility index (Phi) is 3.64. The molecule has 1 aromatic carbocycles. The summed E-state index contributed by atoms with van der Waals surface area (Å²) in [7, 11) is -2.54. The molecule has 8 nitrogen and oxygen atoms in total. The molecule has 0 unspecified atom stereocenters. The predicted molar refractivity (Wildman–Crippen MR) is 71.8 cm³/mol. The van der Waals surface area contributed by atoms with Gasteiger partial charge in [-0.15, -0.1) is 0 Å². The molecule has 0 bridgehead atoms. The molecule has 2 aromatic rings. The van der Waals surface area contributed by atoms with Crippen LogP contribution in [0, 0.1) is 22.9 Å². The molecule has 0 atom stereocenters. The molecule has 1 N–H and O–H groups in total. The van der Waals surface area contributed by atoms with Gasteiger partial charge >= 0.3 is 0 Å². The maximum absolute atomic E-state index is 13.6. The van der Waals surface area contributed by atoms with E-state index >= 15 is 0 Å². The second-order valence-corrected chi connectivity index (χ2v) is 5.93. The Morgan fingerprint density at radius 1 is 1.43 bits per heavy atom. The van der Waals surface area contributed by atoms with Gasteiger partial charge in [-0.3, -0.25) is 19.5 Å². The van der Waals surface area contributed by atoms with E-state index in [1.54, 1.807) is 7.05 Å². The van der Waals surface area contributed by atoms with Gasteiger partial charge in [-0.05, 0) is 13.0 Å². The number of nitrogens with zero attached hydrogens (tertiary/aromatic N) is 3. The molecule has 0 aliphatic rings. The molecule has 10 heteroatoms. The highest BCUT2D eigenvalue weighted by atomic mass is 32.2. The smallest absolute Gasteiger partial charge is 0.271 e. The fourth-order valence-electron chi connectivity index (χ4n) is 1.75. The average molecular weight is 314 g/mol. The van der Waals surface area contributed by atoms with E-state index in [9.17, 15) is 22.9 Å². The van der Waals surface area contributed by atoms with Crippen molar-refractivity contribution in [3.05, 3.63) is 46.0 Å². The Balaban J connectivity index is 2.43. The van der Waals surface area contributed by atoms with Crippen LogP contribution in [0.1, 0.15) is 5.69 Å². The molecule has 1 aromatic heterocycles. The Hall–Kier alpha value is -2.49. The van der Waals surface area contributed by atoms with Crippen molar-refractivity contribution in [2.75, 3.05) is 4.72 Å². The number of benzene rings is 1. The van der Waals surface area contributed by atoms with E-state index in [0.717, 1.165) is 18.2 Å². The first-order valence-electron chi connectivity index (χ1n) is 5.68. The van der Waals surface area contributed by atoms with Crippen molar-refractivity contribution in [2.45, 2.75) is 11.8 Å². The number of hydrogen-bond acceptors (Lipinski definition) is 5. The Morgan fingerprint density at radius 2 is 2.10 bits per heavy atom. The van der Waals surface area contributed by atoms with Gasteiger partial charge in [0.25, 0.3) is 15.7 Å². The van der Waals surface area contributed by atoms with Gasteiger partial charge in [0.05, 0.1) is 16.3 Å². The van der Waals surface area contributed by atoms with E-state index in [1.165, 1.54) is 17.8 Å². The summed E-state index contributed by atoms with van der Waals surface area (Å²) in [5.41, 5.74) is -0.680. The number of aryl methyl sites for hydroxylation is 2. The third-order valence-electron chi connectivity index (χ3n) is 2.66. The second kappa shape index (κ2) is 5.13. The molecule has 0 amide bonds. The number of hydrogen-bond donors (Lipinski definition) is 1. The van der Waals surface area contributed by atoms with Crippen LogP contribution in [-0.2, 0) is 17.1 Å². The zero-order valence-corrected chi connectivity index (χ0v) is 11.9. The summed E-state index contributed by atoms with van der Waals surface area (Å²) < 4.78 is 41.2. The lowest BCUT2D eigenvalue weighted by Crippen LogP contribution is -2.14. The summed E-state index contributed by atoms with van der Waals surface area (Å²) in [6.45, 7) is 1.48. The molecule has 0 saturated carbocycles. The van der Waals surface area contributed by atoms with Crippen LogP contribution in [0.25, 0.3) is 0 Å². The molecule has 0 aliphatic carbocycles. The minimum atomic E-state index is -4.08. The minimum absolute atomic E-state index is 0.129. The topological polar surface area (TPSA) is 107 Å². The zero-order valence-electron chi connectivity index (χ0n) is 11.1. The third-order valence-corrected chi connectivity index (χ3v) is 4.13. The van der Waals surface area contributed by atoms with Gasteiger partial charge in [0.2, 0.25) is 0 Å². The Labute approximate surface area is 119 Å². The van der Waals surface area contributed by atoms with Crippen LogP contribution in [-0.4, -0.2) is 23.1 Å². The maximum Gasteiger partial charge on any atom is 0.271 e. The third kappa shape index (κ3) is 2.99. The molecule has 0 radical (unpaired) electrons. The number of nitrogens with one attached hydrogen (secondary N) is 1. The largest absolute Gasteiger partial charge is 0.276 e. The first-order valence-corrected chi connectivity index (χ1v) is 7.16. The fraction of sp³-hybridized carbons (Fsp3) is 0.182. The van der Waals surface area contributed by atoms with Crippen LogP contribution >= 0.6 is 0 Å². The normalized spacial score (nSPS) is 11.4. The minimum Gasteiger partial charge on any atom is -0.276 e. The Morgan fingerprint density at radius 3 is 2.62 bits per heavy atom. The summed E-state index contributed by atoms with van der Waals surface area (Å²) in [5, 5.41) is 14.5. The van der Waals surface area contributed by atoms with Crippen LogP contribution in [0.2, 0.25) is 0 Å². The van der Waals surface area contributed by atoms with Crippen molar-refractivity contribution in [1.29, 1.82) is 0 Å². The van der Waals surface area contributed by atoms with E-state index in [4.69, 9.17) is 0 Å². The molecular formula is C11H11FN4O4S. The quantitative estimate of drug-likeness (QED) is 0.681. The van der Waals surface area contributed by atoms with Gasteiger partial charge in [-0.2, -0.15) is 5.10 Å². The van der Waals surface area contributed by atoms with Gasteiger partial charge < -0.3 is 0 Å². The van der Waals surface area contributed by atoms with Crippen molar-refractivity contribution in [3.8, 4) is 0 Å². The van der Waals surface area contributed by atoms with Crippen molar-refractivity contribution < 1.29 is 17.7 Å². The van der Waals surface area contributed by atoms with Crippen LogP contribution in [0.3, 0.4) is 0 Å². The van der Waals surface area contributed by atoms with Crippen molar-refractivity contribution in [1.82, 2.24) is 9.78 Å². The van der Waals surface area contributed by atoms with E-state index in [-0.39, 0.29) is 10.6 Å². The highest BCUT2D eigenvalue weighted by Crippen LogP contribution is 2.24. The van der Waals surface area contributed by atoms with Gasteiger partial charge in [0.15, 0.2) is 0 Å². The molecule has 0 fully saturated rings. The monoisotopic (exact) mass is 314 g/mol. The van der Waals surface area contributed by atoms with E-state index in [2.05, 4.69) is 5.10 Å². The Bertz CT molecular complexity index is 816. The number of sulfonamides is 1. The van der Waals surface area contributed by atoms with Crippen LogP contribution < -0.4 is 4.72 Å². The lowest BCUT2D eigenvalue weighted by Gasteiger charge is -2.07. The first-order chi connectivity index (χ1) is 9.70. The number of nitro benzene ring substituents is 1. The van der Waals surface area contributed by atoms with Crippen molar-refractivity contribution in [3.63, 3.8) is 0 Å². The second-order valence-electron chi connectivity index (χ2n) is 4.28. The van der Waals surface area contributed by atoms with E-state index < -0.39 is 32.1 Å². The van der Waals surface area contributed by atoms with Gasteiger partial charge in [-0.25, -0.2) is 12.8 Å². The molecular weight excluding hydrogens is 303 g/mol. The number of nitro groups is 1. The molecule has 112 valence electrons. The number of rotatable bonds is 4. The molecule has 0 aliphatic heterocycles. The lowest BCUT2D eigenvalue weighted by molar-refractivity contribution is -0.384. The number of anilines is 1. The molecule has 21 heavy (non-hydrogen) atoms. The van der Waals surface area contributed by atoms with Crippen LogP contribution in [0.15, 0.2) is 29.3 Å². The number of aromatic nitrogens is 2. The number of non-ortho nitro benzene ring substituents is 1. The van der Waals surface area contributed by atoms with Gasteiger partial charge in [0, 0.05) is 25.4 Å². The first kappa shape index (κ1) is 14.9. The molecule has 0 spiro atoms. The summed E-state index contributed by atoms with van der Waals surface area (Å²) in [6.07, 6.45) is 1.26. The van der Waals surface area contributed by atoms with Gasteiger partial charge in [-0.1, -0.05) is 0 Å². The average Bonchev–Trinajstić information content (AvgIpc) is 2.71. The number of halogens is 1. The fourth-order valence-corrected chi connectivity index (χ4v) is 3.02. The standard InChI is InChI=1S/C11H11FN4O4S/c1-7-11(6-15(2)13-7)21(19,20)14-10-5-8(16(17)18)3-4-9(10)12/h3-6,14H,1-2H3. The van der Waals surface area contributed by atoms with Crippen molar-refractivity contribution >= 4 is 21.4 Å². The lowest BCUT2D eigenvalue weighted by atomic mass is 10.3. The zero-order chi connectivity index (χ0) is 15.8. The molecule has 0 saturated heterocycles. The SMILES string of the molecule is Cc1nn(C)cc1S(=O)(=O)Nc1cc([N+](=O)[O-])ccc1F. The highest BCUT2D eigenvalue weighted by Gasteiger charge is 2.22. The molecule has 2 rings (SSSR count). The molecule has 1 heterocycles. The van der Waals surface area contributed by atoms with Crippen molar-refractivity contribution in [2.24, 2.45) is 7.05 Å². The summed E-state index contributed by atoms with van der Waals surface area (Å²) in [4.78, 5) is 9.78. The van der Waals surface area contributed by atoms with Crippen LogP contribution in [0.4, 0.5) is 15.8 Å². The summed E-state index contributed by atoms with van der Waals surface area (Å²) in [5.74, 6) is -0.911. The van der Waals surface area contributed by atoms with Crippen LogP contribution in [0.5, 0.6) is 0 Å². The maximum atomic E-state index is 13.6.